The summed E-state index contributed by atoms with van der Waals surface area (Å²) in [6, 6.07) is 2.93. The van der Waals surface area contributed by atoms with Gasteiger partial charge in [0.2, 0.25) is 5.95 Å². The van der Waals surface area contributed by atoms with Gasteiger partial charge >= 0.3 is 0 Å². The molecular weight excluding hydrogens is 255 g/mol. The number of amides is 1. The lowest BCUT2D eigenvalue weighted by atomic mass is 9.69. The summed E-state index contributed by atoms with van der Waals surface area (Å²) in [6.07, 6.45) is 4.76. The molecule has 3 atom stereocenters. The summed E-state index contributed by atoms with van der Waals surface area (Å²) < 4.78 is 13.1. The number of nitrogens with one attached hydrogen (secondary N) is 1. The van der Waals surface area contributed by atoms with E-state index in [1.54, 1.807) is 6.07 Å². The van der Waals surface area contributed by atoms with E-state index in [9.17, 15) is 9.18 Å². The molecule has 2 bridgehead atoms. The maximum atomic E-state index is 13.1. The zero-order valence-corrected chi connectivity index (χ0v) is 12.2. The van der Waals surface area contributed by atoms with E-state index in [1.807, 2.05) is 0 Å². The van der Waals surface area contributed by atoms with Gasteiger partial charge in [-0.25, -0.2) is 4.98 Å². The molecule has 4 heteroatoms. The van der Waals surface area contributed by atoms with Gasteiger partial charge in [-0.15, -0.1) is 0 Å². The molecule has 1 aromatic heterocycles. The molecule has 1 amide bonds. The van der Waals surface area contributed by atoms with Crippen LogP contribution in [0, 0.1) is 22.7 Å². The standard InChI is InChI=1S/C16H21FN2O/c1-15(2)11-4-6-16(15,3)12(9-11)19-14(20)10-5-7-18-13(17)8-10/h5,7-8,11-12H,4,6,9H2,1-3H3,(H,19,20)/t11-,12+,16+/m0/s1. The van der Waals surface area contributed by atoms with Crippen LogP contribution in [-0.4, -0.2) is 16.9 Å². The number of halogens is 1. The van der Waals surface area contributed by atoms with Crippen molar-refractivity contribution in [2.45, 2.75) is 46.1 Å². The second-order valence-electron chi connectivity index (χ2n) is 7.00. The Balaban J connectivity index is 1.78. The fraction of sp³-hybridized carbons (Fsp3) is 0.625. The number of pyridine rings is 1. The van der Waals surface area contributed by atoms with Crippen molar-refractivity contribution in [2.24, 2.45) is 16.7 Å². The van der Waals surface area contributed by atoms with E-state index in [2.05, 4.69) is 31.1 Å². The zero-order valence-electron chi connectivity index (χ0n) is 12.2. The Morgan fingerprint density at radius 1 is 1.45 bits per heavy atom. The molecule has 0 unspecified atom stereocenters. The number of carbonyl (C=O) groups excluding carboxylic acids is 1. The van der Waals surface area contributed by atoms with Crippen molar-refractivity contribution in [1.82, 2.24) is 10.3 Å². The van der Waals surface area contributed by atoms with Crippen molar-refractivity contribution in [2.75, 3.05) is 0 Å². The van der Waals surface area contributed by atoms with E-state index in [1.165, 1.54) is 18.7 Å². The zero-order chi connectivity index (χ0) is 14.5. The van der Waals surface area contributed by atoms with Crippen LogP contribution < -0.4 is 5.32 Å². The molecule has 0 radical (unpaired) electrons. The second-order valence-corrected chi connectivity index (χ2v) is 7.00. The van der Waals surface area contributed by atoms with Crippen LogP contribution in [-0.2, 0) is 0 Å². The minimum atomic E-state index is -0.614. The van der Waals surface area contributed by atoms with Gasteiger partial charge in [-0.3, -0.25) is 4.79 Å². The number of nitrogens with zero attached hydrogens (tertiary/aromatic N) is 1. The first kappa shape index (κ1) is 13.5. The predicted octanol–water partition coefficient (Wildman–Crippen LogP) is 3.17. The van der Waals surface area contributed by atoms with Gasteiger partial charge in [0.15, 0.2) is 0 Å². The van der Waals surface area contributed by atoms with E-state index in [0.29, 0.717) is 11.5 Å². The summed E-state index contributed by atoms with van der Waals surface area (Å²) in [6.45, 7) is 6.89. The summed E-state index contributed by atoms with van der Waals surface area (Å²) in [4.78, 5) is 15.8. The lowest BCUT2D eigenvalue weighted by Gasteiger charge is -2.39. The average Bonchev–Trinajstić information content (AvgIpc) is 2.72. The summed E-state index contributed by atoms with van der Waals surface area (Å²) in [5, 5.41) is 3.12. The van der Waals surface area contributed by atoms with Crippen LogP contribution in [0.15, 0.2) is 18.3 Å². The molecule has 108 valence electrons. The monoisotopic (exact) mass is 276 g/mol. The Labute approximate surface area is 119 Å². The third-order valence-corrected chi connectivity index (χ3v) is 6.09. The average molecular weight is 276 g/mol. The molecule has 2 fully saturated rings. The van der Waals surface area contributed by atoms with Crippen molar-refractivity contribution in [1.29, 1.82) is 0 Å². The Kier molecular flexibility index (Phi) is 2.89. The summed E-state index contributed by atoms with van der Waals surface area (Å²) >= 11 is 0. The van der Waals surface area contributed by atoms with E-state index in [-0.39, 0.29) is 22.8 Å². The molecule has 1 N–H and O–H groups in total. The minimum Gasteiger partial charge on any atom is -0.349 e. The maximum Gasteiger partial charge on any atom is 0.251 e. The maximum absolute atomic E-state index is 13.1. The van der Waals surface area contributed by atoms with Gasteiger partial charge in [0.25, 0.3) is 5.91 Å². The lowest BCUT2D eigenvalue weighted by Crippen LogP contribution is -2.46. The summed E-state index contributed by atoms with van der Waals surface area (Å²) in [5.74, 6) is -0.134. The predicted molar refractivity (Wildman–Crippen MR) is 74.7 cm³/mol. The van der Waals surface area contributed by atoms with Crippen LogP contribution >= 0.6 is 0 Å². The molecule has 3 rings (SSSR count). The topological polar surface area (TPSA) is 42.0 Å². The fourth-order valence-electron chi connectivity index (χ4n) is 4.21. The number of hydrogen-bond donors (Lipinski definition) is 1. The Morgan fingerprint density at radius 3 is 2.75 bits per heavy atom. The largest absolute Gasteiger partial charge is 0.349 e. The van der Waals surface area contributed by atoms with E-state index in [4.69, 9.17) is 0 Å². The van der Waals surface area contributed by atoms with E-state index >= 15 is 0 Å². The number of rotatable bonds is 2. The smallest absolute Gasteiger partial charge is 0.251 e. The highest BCUT2D eigenvalue weighted by atomic mass is 19.1. The molecule has 0 spiro atoms. The molecule has 3 nitrogen and oxygen atoms in total. The summed E-state index contributed by atoms with van der Waals surface area (Å²) in [5.41, 5.74) is 0.745. The normalized spacial score (nSPS) is 34.2. The van der Waals surface area contributed by atoms with Gasteiger partial charge in [-0.2, -0.15) is 4.39 Å². The molecule has 2 saturated carbocycles. The van der Waals surface area contributed by atoms with E-state index in [0.717, 1.165) is 12.8 Å². The van der Waals surface area contributed by atoms with Crippen molar-refractivity contribution in [3.63, 3.8) is 0 Å². The second kappa shape index (κ2) is 4.27. The van der Waals surface area contributed by atoms with Gasteiger partial charge in [0.1, 0.15) is 0 Å². The third-order valence-electron chi connectivity index (χ3n) is 6.09. The van der Waals surface area contributed by atoms with Crippen LogP contribution in [0.5, 0.6) is 0 Å². The Bertz CT molecular complexity index is 557. The fourth-order valence-corrected chi connectivity index (χ4v) is 4.21. The van der Waals surface area contributed by atoms with Crippen LogP contribution in [0.25, 0.3) is 0 Å². The molecule has 0 aliphatic heterocycles. The quantitative estimate of drug-likeness (QED) is 0.843. The molecular formula is C16H21FN2O. The molecule has 0 saturated heterocycles. The first-order chi connectivity index (χ1) is 9.34. The molecule has 1 aromatic rings. The first-order valence-corrected chi connectivity index (χ1v) is 7.27. The Hall–Kier alpha value is -1.45. The highest BCUT2D eigenvalue weighted by Crippen LogP contribution is 2.65. The minimum absolute atomic E-state index is 0.138. The van der Waals surface area contributed by atoms with Crippen molar-refractivity contribution in [3.05, 3.63) is 29.8 Å². The number of fused-ring (bicyclic) bond motifs is 2. The van der Waals surface area contributed by atoms with Crippen LogP contribution in [0.2, 0.25) is 0 Å². The van der Waals surface area contributed by atoms with Crippen molar-refractivity contribution >= 4 is 5.91 Å². The van der Waals surface area contributed by atoms with Crippen LogP contribution in [0.4, 0.5) is 4.39 Å². The van der Waals surface area contributed by atoms with Gasteiger partial charge in [-0.1, -0.05) is 20.8 Å². The highest BCUT2D eigenvalue weighted by molar-refractivity contribution is 5.94. The van der Waals surface area contributed by atoms with Gasteiger partial charge in [0.05, 0.1) is 0 Å². The van der Waals surface area contributed by atoms with Crippen LogP contribution in [0.1, 0.15) is 50.4 Å². The first-order valence-electron chi connectivity index (χ1n) is 7.27. The number of hydrogen-bond acceptors (Lipinski definition) is 2. The molecule has 2 aliphatic rings. The number of aromatic nitrogens is 1. The lowest BCUT2D eigenvalue weighted by molar-refractivity contribution is 0.0825. The molecule has 0 aromatic carbocycles. The van der Waals surface area contributed by atoms with Gasteiger partial charge in [0, 0.05) is 23.9 Å². The highest BCUT2D eigenvalue weighted by Gasteiger charge is 2.61. The third kappa shape index (κ3) is 1.77. The molecule has 1 heterocycles. The van der Waals surface area contributed by atoms with Crippen molar-refractivity contribution in [3.8, 4) is 0 Å². The van der Waals surface area contributed by atoms with Crippen molar-refractivity contribution < 1.29 is 9.18 Å². The van der Waals surface area contributed by atoms with Gasteiger partial charge in [-0.05, 0) is 42.1 Å². The van der Waals surface area contributed by atoms with Gasteiger partial charge < -0.3 is 5.32 Å². The Morgan fingerprint density at radius 2 is 2.20 bits per heavy atom. The number of carbonyl (C=O) groups is 1. The SMILES string of the molecule is CC1(C)[C@H]2CC[C@]1(C)[C@H](NC(=O)c1ccnc(F)c1)C2. The summed E-state index contributed by atoms with van der Waals surface area (Å²) in [7, 11) is 0. The van der Waals surface area contributed by atoms with E-state index < -0.39 is 5.95 Å². The van der Waals surface area contributed by atoms with Crippen LogP contribution in [0.3, 0.4) is 0 Å². The molecule has 20 heavy (non-hydrogen) atoms. The molecule has 2 aliphatic carbocycles.